The van der Waals surface area contributed by atoms with Gasteiger partial charge in [-0.2, -0.15) is 0 Å². The molecule has 4 nitrogen and oxygen atoms in total. The first-order chi connectivity index (χ1) is 8.65. The topological polar surface area (TPSA) is 58.7 Å². The average Bonchev–Trinajstić information content (AvgIpc) is 2.25. The highest BCUT2D eigenvalue weighted by atomic mass is 16.5. The minimum Gasteiger partial charge on any atom is -0.394 e. The van der Waals surface area contributed by atoms with Crippen LogP contribution in [0, 0.1) is 0 Å². The van der Waals surface area contributed by atoms with Gasteiger partial charge in [0.2, 0.25) is 0 Å². The molecule has 0 aromatic heterocycles. The highest BCUT2D eigenvalue weighted by molar-refractivity contribution is 4.98. The third kappa shape index (κ3) is 3.69. The molecule has 1 saturated carbocycles. The average molecular weight is 270 g/mol. The summed E-state index contributed by atoms with van der Waals surface area (Å²) in [7, 11) is 0. The van der Waals surface area contributed by atoms with Crippen molar-refractivity contribution in [2.45, 2.75) is 76.2 Å². The SMILES string of the molecule is CC1(C)CN(C2CCCC(N)(CO)C2)CC(C)(C)O1. The van der Waals surface area contributed by atoms with Crippen LogP contribution in [0.3, 0.4) is 0 Å². The van der Waals surface area contributed by atoms with Gasteiger partial charge in [-0.1, -0.05) is 0 Å². The molecular formula is C15H30N2O2. The highest BCUT2D eigenvalue weighted by Crippen LogP contribution is 2.35. The van der Waals surface area contributed by atoms with Crippen LogP contribution < -0.4 is 5.73 Å². The van der Waals surface area contributed by atoms with Gasteiger partial charge in [0.1, 0.15) is 0 Å². The van der Waals surface area contributed by atoms with Crippen LogP contribution in [0.15, 0.2) is 0 Å². The van der Waals surface area contributed by atoms with Gasteiger partial charge in [0.15, 0.2) is 0 Å². The summed E-state index contributed by atoms with van der Waals surface area (Å²) in [6, 6.07) is 0.480. The molecule has 1 aliphatic carbocycles. The van der Waals surface area contributed by atoms with Gasteiger partial charge in [-0.3, -0.25) is 4.90 Å². The molecule has 19 heavy (non-hydrogen) atoms. The Morgan fingerprint density at radius 1 is 1.21 bits per heavy atom. The molecule has 112 valence electrons. The molecule has 0 radical (unpaired) electrons. The zero-order valence-corrected chi connectivity index (χ0v) is 12.9. The van der Waals surface area contributed by atoms with E-state index in [1.54, 1.807) is 0 Å². The van der Waals surface area contributed by atoms with Crippen LogP contribution >= 0.6 is 0 Å². The number of ether oxygens (including phenoxy) is 1. The molecular weight excluding hydrogens is 240 g/mol. The molecule has 2 atom stereocenters. The van der Waals surface area contributed by atoms with Gasteiger partial charge in [-0.05, 0) is 53.4 Å². The summed E-state index contributed by atoms with van der Waals surface area (Å²) in [4.78, 5) is 2.53. The monoisotopic (exact) mass is 270 g/mol. The Morgan fingerprint density at radius 2 is 1.79 bits per heavy atom. The summed E-state index contributed by atoms with van der Waals surface area (Å²) in [5.74, 6) is 0. The predicted octanol–water partition coefficient (Wildman–Crippen LogP) is 1.51. The van der Waals surface area contributed by atoms with Crippen molar-refractivity contribution in [2.24, 2.45) is 5.73 Å². The lowest BCUT2D eigenvalue weighted by molar-refractivity contribution is -0.190. The molecule has 0 aromatic carbocycles. The maximum atomic E-state index is 9.50. The fourth-order valence-corrected chi connectivity index (χ4v) is 3.92. The quantitative estimate of drug-likeness (QED) is 0.798. The lowest BCUT2D eigenvalue weighted by Crippen LogP contribution is -2.62. The molecule has 0 bridgehead atoms. The van der Waals surface area contributed by atoms with Crippen molar-refractivity contribution in [1.82, 2.24) is 4.90 Å². The number of rotatable bonds is 2. The third-order valence-corrected chi connectivity index (χ3v) is 4.41. The number of hydrogen-bond acceptors (Lipinski definition) is 4. The second kappa shape index (κ2) is 4.99. The Morgan fingerprint density at radius 3 is 2.32 bits per heavy atom. The van der Waals surface area contributed by atoms with Crippen molar-refractivity contribution >= 4 is 0 Å². The normalized spacial score (nSPS) is 39.2. The molecule has 2 aliphatic rings. The number of morpholine rings is 1. The van der Waals surface area contributed by atoms with E-state index in [9.17, 15) is 5.11 Å². The van der Waals surface area contributed by atoms with Gasteiger partial charge in [-0.15, -0.1) is 0 Å². The molecule has 2 unspecified atom stereocenters. The van der Waals surface area contributed by atoms with E-state index < -0.39 is 0 Å². The molecule has 1 heterocycles. The van der Waals surface area contributed by atoms with Gasteiger partial charge in [0, 0.05) is 24.7 Å². The largest absolute Gasteiger partial charge is 0.394 e. The van der Waals surface area contributed by atoms with E-state index in [-0.39, 0.29) is 23.3 Å². The second-order valence-electron chi connectivity index (χ2n) is 7.80. The predicted molar refractivity (Wildman–Crippen MR) is 77.1 cm³/mol. The lowest BCUT2D eigenvalue weighted by Gasteiger charge is -2.52. The lowest BCUT2D eigenvalue weighted by atomic mass is 9.79. The van der Waals surface area contributed by atoms with Crippen LogP contribution in [0.2, 0.25) is 0 Å². The number of nitrogens with two attached hydrogens (primary N) is 1. The first-order valence-corrected chi connectivity index (χ1v) is 7.49. The molecule has 3 N–H and O–H groups in total. The number of nitrogens with zero attached hydrogens (tertiary/aromatic N) is 1. The Balaban J connectivity index is 2.08. The van der Waals surface area contributed by atoms with Crippen molar-refractivity contribution in [3.63, 3.8) is 0 Å². The van der Waals surface area contributed by atoms with E-state index in [0.717, 1.165) is 32.4 Å². The first kappa shape index (κ1) is 15.2. The zero-order valence-electron chi connectivity index (χ0n) is 12.9. The summed E-state index contributed by atoms with van der Waals surface area (Å²) in [5, 5.41) is 9.50. The van der Waals surface area contributed by atoms with E-state index in [0.29, 0.717) is 6.04 Å². The van der Waals surface area contributed by atoms with Crippen LogP contribution in [0.5, 0.6) is 0 Å². The van der Waals surface area contributed by atoms with Crippen molar-refractivity contribution in [3.8, 4) is 0 Å². The maximum absolute atomic E-state index is 9.50. The summed E-state index contributed by atoms with van der Waals surface area (Å²) >= 11 is 0. The Hall–Kier alpha value is -0.160. The molecule has 0 spiro atoms. The Bertz CT molecular complexity index is 314. The van der Waals surface area contributed by atoms with Crippen molar-refractivity contribution in [3.05, 3.63) is 0 Å². The smallest absolute Gasteiger partial charge is 0.0760 e. The summed E-state index contributed by atoms with van der Waals surface area (Å²) in [5.41, 5.74) is 5.67. The van der Waals surface area contributed by atoms with Crippen molar-refractivity contribution in [1.29, 1.82) is 0 Å². The number of hydrogen-bond donors (Lipinski definition) is 2. The molecule has 2 fully saturated rings. The Kier molecular flexibility index (Phi) is 4.00. The summed E-state index contributed by atoms with van der Waals surface area (Å²) in [6.45, 7) is 10.6. The Labute approximate surface area is 117 Å². The van der Waals surface area contributed by atoms with Crippen molar-refractivity contribution < 1.29 is 9.84 Å². The molecule has 0 aromatic rings. The minimum atomic E-state index is -0.379. The highest BCUT2D eigenvalue weighted by Gasteiger charge is 2.43. The van der Waals surface area contributed by atoms with Gasteiger partial charge < -0.3 is 15.6 Å². The summed E-state index contributed by atoms with van der Waals surface area (Å²) < 4.78 is 6.14. The van der Waals surface area contributed by atoms with Gasteiger partial charge in [0.05, 0.1) is 17.8 Å². The minimum absolute atomic E-state index is 0.0978. The van der Waals surface area contributed by atoms with Crippen LogP contribution in [0.1, 0.15) is 53.4 Å². The van der Waals surface area contributed by atoms with Crippen LogP contribution in [0.25, 0.3) is 0 Å². The van der Waals surface area contributed by atoms with Crippen LogP contribution in [-0.2, 0) is 4.74 Å². The number of aliphatic hydroxyl groups is 1. The second-order valence-corrected chi connectivity index (χ2v) is 7.80. The molecule has 4 heteroatoms. The first-order valence-electron chi connectivity index (χ1n) is 7.49. The van der Waals surface area contributed by atoms with Gasteiger partial charge in [-0.25, -0.2) is 0 Å². The maximum Gasteiger partial charge on any atom is 0.0760 e. The molecule has 2 rings (SSSR count). The zero-order chi connectivity index (χ0) is 14.3. The molecule has 1 saturated heterocycles. The van der Waals surface area contributed by atoms with Crippen molar-refractivity contribution in [2.75, 3.05) is 19.7 Å². The van der Waals surface area contributed by atoms with E-state index in [1.165, 1.54) is 6.42 Å². The van der Waals surface area contributed by atoms with E-state index >= 15 is 0 Å². The van der Waals surface area contributed by atoms with Gasteiger partial charge in [0.25, 0.3) is 0 Å². The molecule has 1 aliphatic heterocycles. The fraction of sp³-hybridized carbons (Fsp3) is 1.00. The summed E-state index contributed by atoms with van der Waals surface area (Å²) in [6.07, 6.45) is 4.14. The standard InChI is InChI=1S/C15H30N2O2/c1-13(2)9-17(10-14(3,4)19-13)12-6-5-7-15(16,8-12)11-18/h12,18H,5-11,16H2,1-4H3. The van der Waals surface area contributed by atoms with Crippen LogP contribution in [-0.4, -0.2) is 52.5 Å². The van der Waals surface area contributed by atoms with E-state index in [2.05, 4.69) is 32.6 Å². The van der Waals surface area contributed by atoms with E-state index in [1.807, 2.05) is 0 Å². The third-order valence-electron chi connectivity index (χ3n) is 4.41. The fourth-order valence-electron chi connectivity index (χ4n) is 3.92. The number of aliphatic hydroxyl groups excluding tert-OH is 1. The molecule has 0 amide bonds. The van der Waals surface area contributed by atoms with E-state index in [4.69, 9.17) is 10.5 Å². The van der Waals surface area contributed by atoms with Crippen LogP contribution in [0.4, 0.5) is 0 Å². The van der Waals surface area contributed by atoms with Gasteiger partial charge >= 0.3 is 0 Å².